The fourth-order valence-electron chi connectivity index (χ4n) is 0.984. The lowest BCUT2D eigenvalue weighted by molar-refractivity contribution is -0.117. The number of aliphatic hydroxyl groups excluding tert-OH is 1. The number of carbonyl (C=O) groups is 2. The van der Waals surface area contributed by atoms with E-state index in [-0.39, 0.29) is 12.3 Å². The van der Waals surface area contributed by atoms with E-state index in [1.54, 1.807) is 0 Å². The fourth-order valence-corrected chi connectivity index (χ4v) is 0.984. The summed E-state index contributed by atoms with van der Waals surface area (Å²) in [7, 11) is 1.53. The van der Waals surface area contributed by atoms with Crippen LogP contribution >= 0.6 is 0 Å². The van der Waals surface area contributed by atoms with Gasteiger partial charge in [0.15, 0.2) is 0 Å². The van der Waals surface area contributed by atoms with Crippen molar-refractivity contribution < 1.29 is 14.7 Å². The average Bonchev–Trinajstić information content (AvgIpc) is 2.30. The van der Waals surface area contributed by atoms with Gasteiger partial charge < -0.3 is 15.3 Å². The van der Waals surface area contributed by atoms with Crippen molar-refractivity contribution in [2.75, 3.05) is 7.05 Å². The molecule has 0 unspecified atom stereocenters. The van der Waals surface area contributed by atoms with Crippen LogP contribution in [-0.2, 0) is 9.59 Å². The minimum absolute atomic E-state index is 0.247. The Labute approximate surface area is 69.7 Å². The van der Waals surface area contributed by atoms with Crippen molar-refractivity contribution in [3.63, 3.8) is 0 Å². The smallest absolute Gasteiger partial charge is 0.250 e. The molecule has 0 saturated carbocycles. The maximum Gasteiger partial charge on any atom is 0.250 e. The first-order valence-electron chi connectivity index (χ1n) is 3.50. The summed E-state index contributed by atoms with van der Waals surface area (Å²) in [5.41, 5.74) is 0.414. The topological polar surface area (TPSA) is 69.6 Å². The van der Waals surface area contributed by atoms with Gasteiger partial charge >= 0.3 is 0 Å². The van der Waals surface area contributed by atoms with E-state index in [1.807, 2.05) is 0 Å². The van der Waals surface area contributed by atoms with Crippen molar-refractivity contribution in [2.24, 2.45) is 0 Å². The van der Waals surface area contributed by atoms with Gasteiger partial charge in [-0.1, -0.05) is 0 Å². The first-order chi connectivity index (χ1) is 5.63. The van der Waals surface area contributed by atoms with Crippen molar-refractivity contribution >= 4 is 12.3 Å². The van der Waals surface area contributed by atoms with Gasteiger partial charge in [-0.3, -0.25) is 9.59 Å². The van der Waals surface area contributed by atoms with E-state index >= 15 is 0 Å². The van der Waals surface area contributed by atoms with Crippen LogP contribution in [0.25, 0.3) is 0 Å². The largest absolute Gasteiger partial charge is 0.373 e. The van der Waals surface area contributed by atoms with Crippen LogP contribution in [0.3, 0.4) is 0 Å². The number of rotatable bonds is 2. The number of hydrogen-bond acceptors (Lipinski definition) is 3. The minimum atomic E-state index is -0.816. The molecule has 1 aliphatic rings. The van der Waals surface area contributed by atoms with Crippen LogP contribution < -0.4 is 5.32 Å². The van der Waals surface area contributed by atoms with Gasteiger partial charge in [0.1, 0.15) is 6.23 Å². The van der Waals surface area contributed by atoms with Crippen molar-refractivity contribution in [1.29, 1.82) is 0 Å². The molecule has 0 aliphatic carbocycles. The maximum absolute atomic E-state index is 11.0. The van der Waals surface area contributed by atoms with Crippen LogP contribution in [-0.4, -0.2) is 35.6 Å². The average molecular weight is 170 g/mol. The van der Waals surface area contributed by atoms with E-state index < -0.39 is 6.23 Å². The van der Waals surface area contributed by atoms with Gasteiger partial charge in [-0.25, -0.2) is 0 Å². The Morgan fingerprint density at radius 3 is 2.83 bits per heavy atom. The first kappa shape index (κ1) is 8.73. The van der Waals surface area contributed by atoms with Gasteiger partial charge in [-0.2, -0.15) is 0 Å². The van der Waals surface area contributed by atoms with E-state index in [9.17, 15) is 9.59 Å². The normalized spacial score (nSPS) is 25.7. The zero-order chi connectivity index (χ0) is 9.14. The van der Waals surface area contributed by atoms with E-state index in [1.165, 1.54) is 18.1 Å². The summed E-state index contributed by atoms with van der Waals surface area (Å²) in [6.45, 7) is 0. The third-order valence-corrected chi connectivity index (χ3v) is 1.53. The standard InChI is InChI=1S/C7H10N2O3/c1-9(4-10)3-5-2-6(11)8-7(5)12/h3-4,6,11H,2H2,1H3,(H,8,12)/b5-3+/t6-/m0/s1. The molecule has 0 bridgehead atoms. The second kappa shape index (κ2) is 3.36. The summed E-state index contributed by atoms with van der Waals surface area (Å²) in [5.74, 6) is -0.323. The van der Waals surface area contributed by atoms with Crippen LogP contribution in [0.1, 0.15) is 6.42 Å². The highest BCUT2D eigenvalue weighted by atomic mass is 16.3. The highest BCUT2D eigenvalue weighted by Gasteiger charge is 2.24. The third kappa shape index (κ3) is 1.82. The van der Waals surface area contributed by atoms with Crippen LogP contribution in [0.2, 0.25) is 0 Å². The zero-order valence-corrected chi connectivity index (χ0v) is 6.65. The Bertz CT molecular complexity index is 237. The monoisotopic (exact) mass is 170 g/mol. The van der Waals surface area contributed by atoms with Gasteiger partial charge in [-0.05, 0) is 0 Å². The van der Waals surface area contributed by atoms with Gasteiger partial charge in [-0.15, -0.1) is 0 Å². The van der Waals surface area contributed by atoms with Crippen molar-refractivity contribution in [3.8, 4) is 0 Å². The lowest BCUT2D eigenvalue weighted by Crippen LogP contribution is -2.24. The Morgan fingerprint density at radius 1 is 1.75 bits per heavy atom. The summed E-state index contributed by atoms with van der Waals surface area (Å²) in [5, 5.41) is 11.3. The number of carbonyl (C=O) groups excluding carboxylic acids is 2. The summed E-state index contributed by atoms with van der Waals surface area (Å²) in [6, 6.07) is 0. The number of nitrogens with zero attached hydrogens (tertiary/aromatic N) is 1. The molecular weight excluding hydrogens is 160 g/mol. The Balaban J connectivity index is 2.69. The Kier molecular flexibility index (Phi) is 2.44. The van der Waals surface area contributed by atoms with Gasteiger partial charge in [0.05, 0.1) is 0 Å². The SMILES string of the molecule is CN(C=O)/C=C1\C[C@H](O)NC1=O. The molecular formula is C7H10N2O3. The molecule has 1 atom stereocenters. The fraction of sp³-hybridized carbons (Fsp3) is 0.429. The quantitative estimate of drug-likeness (QED) is 0.404. The molecule has 1 heterocycles. The maximum atomic E-state index is 11.0. The molecule has 0 aromatic rings. The lowest BCUT2D eigenvalue weighted by Gasteiger charge is -2.02. The minimum Gasteiger partial charge on any atom is -0.373 e. The lowest BCUT2D eigenvalue weighted by atomic mass is 10.2. The predicted octanol–water partition coefficient (Wildman–Crippen LogP) is -1.20. The molecule has 0 spiro atoms. The number of aliphatic hydroxyl groups is 1. The molecule has 0 radical (unpaired) electrons. The molecule has 5 heteroatoms. The molecule has 2 amide bonds. The van der Waals surface area contributed by atoms with Gasteiger partial charge in [0.2, 0.25) is 6.41 Å². The van der Waals surface area contributed by atoms with Crippen molar-refractivity contribution in [1.82, 2.24) is 10.2 Å². The molecule has 1 aliphatic heterocycles. The highest BCUT2D eigenvalue weighted by molar-refractivity contribution is 5.95. The van der Waals surface area contributed by atoms with Crippen molar-refractivity contribution in [3.05, 3.63) is 11.8 Å². The van der Waals surface area contributed by atoms with Gasteiger partial charge in [0.25, 0.3) is 5.91 Å². The Hall–Kier alpha value is -1.36. The second-order valence-corrected chi connectivity index (χ2v) is 2.62. The van der Waals surface area contributed by atoms with E-state index in [4.69, 9.17) is 5.11 Å². The van der Waals surface area contributed by atoms with E-state index in [0.29, 0.717) is 12.0 Å². The van der Waals surface area contributed by atoms with Crippen LogP contribution in [0, 0.1) is 0 Å². The van der Waals surface area contributed by atoms with E-state index in [2.05, 4.69) is 5.32 Å². The molecule has 0 aromatic heterocycles. The Morgan fingerprint density at radius 2 is 2.42 bits per heavy atom. The van der Waals surface area contributed by atoms with Crippen LogP contribution in [0.5, 0.6) is 0 Å². The first-order valence-corrected chi connectivity index (χ1v) is 3.50. The highest BCUT2D eigenvalue weighted by Crippen LogP contribution is 2.12. The summed E-state index contributed by atoms with van der Waals surface area (Å²) in [4.78, 5) is 22.4. The number of hydrogen-bond donors (Lipinski definition) is 2. The second-order valence-electron chi connectivity index (χ2n) is 2.62. The molecule has 66 valence electrons. The van der Waals surface area contributed by atoms with Gasteiger partial charge in [0, 0.05) is 25.2 Å². The van der Waals surface area contributed by atoms with Crippen LogP contribution in [0.4, 0.5) is 0 Å². The van der Waals surface area contributed by atoms with Crippen LogP contribution in [0.15, 0.2) is 11.8 Å². The molecule has 0 aromatic carbocycles. The molecule has 12 heavy (non-hydrogen) atoms. The molecule has 1 fully saturated rings. The van der Waals surface area contributed by atoms with Crippen molar-refractivity contribution in [2.45, 2.75) is 12.6 Å². The molecule has 1 rings (SSSR count). The summed E-state index contributed by atoms with van der Waals surface area (Å²) >= 11 is 0. The summed E-state index contributed by atoms with van der Waals surface area (Å²) in [6.07, 6.45) is 1.42. The zero-order valence-electron chi connectivity index (χ0n) is 6.65. The molecule has 1 saturated heterocycles. The van der Waals surface area contributed by atoms with E-state index in [0.717, 1.165) is 0 Å². The molecule has 2 N–H and O–H groups in total. The predicted molar refractivity (Wildman–Crippen MR) is 40.7 cm³/mol. The molecule has 5 nitrogen and oxygen atoms in total. The number of nitrogens with one attached hydrogen (secondary N) is 1. The summed E-state index contributed by atoms with van der Waals surface area (Å²) < 4.78 is 0. The third-order valence-electron chi connectivity index (χ3n) is 1.53. The number of amides is 2.